The van der Waals surface area contributed by atoms with Crippen molar-refractivity contribution in [2.75, 3.05) is 0 Å². The van der Waals surface area contributed by atoms with Gasteiger partial charge in [-0.05, 0) is 12.3 Å². The highest BCUT2D eigenvalue weighted by molar-refractivity contribution is 6.35. The van der Waals surface area contributed by atoms with Gasteiger partial charge in [0.1, 0.15) is 0 Å². The van der Waals surface area contributed by atoms with Gasteiger partial charge in [-0.3, -0.25) is 0 Å². The molecular weight excluding hydrogens is 169 g/mol. The van der Waals surface area contributed by atoms with Crippen LogP contribution in [-0.2, 0) is 0 Å². The second-order valence-corrected chi connectivity index (χ2v) is 3.38. The number of nitrogens with two attached hydrogens (primary N) is 1. The Bertz CT molecular complexity index is 206. The highest BCUT2D eigenvalue weighted by Crippen LogP contribution is 2.29. The van der Waals surface area contributed by atoms with Crippen molar-refractivity contribution in [2.24, 2.45) is 11.7 Å². The second-order valence-electron chi connectivity index (χ2n) is 2.51. The molecule has 0 aromatic heterocycles. The molecule has 1 nitrogen and oxygen atoms in total. The van der Waals surface area contributed by atoms with E-state index in [-0.39, 0.29) is 0 Å². The van der Waals surface area contributed by atoms with E-state index in [0.717, 1.165) is 6.42 Å². The Hall–Kier alpha value is -0.140. The fourth-order valence-electron chi connectivity index (χ4n) is 0.921. The predicted molar refractivity (Wildman–Crippen MR) is 44.8 cm³/mol. The van der Waals surface area contributed by atoms with Crippen LogP contribution in [0.3, 0.4) is 0 Å². The summed E-state index contributed by atoms with van der Waals surface area (Å²) in [6.45, 7) is 2.05. The van der Waals surface area contributed by atoms with Crippen LogP contribution < -0.4 is 5.73 Å². The molecule has 1 atom stereocenters. The standard InChI is InChI=1S/C7H9Cl2N/c1-4-2-5(8)7(10)6(9)3-4/h2,4H,3,10H2,1H3/t4-/m1/s1. The van der Waals surface area contributed by atoms with Crippen LogP contribution in [0.1, 0.15) is 13.3 Å². The summed E-state index contributed by atoms with van der Waals surface area (Å²) in [7, 11) is 0. The zero-order valence-corrected chi connectivity index (χ0v) is 7.21. The van der Waals surface area contributed by atoms with Crippen molar-refractivity contribution in [1.29, 1.82) is 0 Å². The molecule has 0 aromatic carbocycles. The van der Waals surface area contributed by atoms with E-state index in [1.807, 2.05) is 6.08 Å². The van der Waals surface area contributed by atoms with Crippen molar-refractivity contribution in [2.45, 2.75) is 13.3 Å². The number of rotatable bonds is 0. The SMILES string of the molecule is C[C@@H]1C=C(Cl)C(N)=C(Cl)C1. The van der Waals surface area contributed by atoms with Crippen LogP contribution in [0.5, 0.6) is 0 Å². The van der Waals surface area contributed by atoms with Crippen LogP contribution >= 0.6 is 23.2 Å². The number of allylic oxidation sites excluding steroid dienone is 3. The minimum Gasteiger partial charge on any atom is -0.397 e. The molecule has 10 heavy (non-hydrogen) atoms. The quantitative estimate of drug-likeness (QED) is 0.606. The summed E-state index contributed by atoms with van der Waals surface area (Å²) in [5, 5.41) is 1.27. The van der Waals surface area contributed by atoms with Gasteiger partial charge >= 0.3 is 0 Å². The zero-order valence-electron chi connectivity index (χ0n) is 5.70. The molecule has 1 rings (SSSR count). The van der Waals surface area contributed by atoms with Crippen LogP contribution in [0.25, 0.3) is 0 Å². The monoisotopic (exact) mass is 177 g/mol. The fourth-order valence-corrected chi connectivity index (χ4v) is 1.64. The smallest absolute Gasteiger partial charge is 0.0647 e. The maximum Gasteiger partial charge on any atom is 0.0647 e. The largest absolute Gasteiger partial charge is 0.397 e. The van der Waals surface area contributed by atoms with Gasteiger partial charge in [-0.2, -0.15) is 0 Å². The molecule has 2 N–H and O–H groups in total. The normalized spacial score (nSPS) is 26.7. The molecule has 0 radical (unpaired) electrons. The lowest BCUT2D eigenvalue weighted by Gasteiger charge is -2.14. The third kappa shape index (κ3) is 1.47. The molecule has 0 spiro atoms. The van der Waals surface area contributed by atoms with E-state index in [2.05, 4.69) is 6.92 Å². The minimum atomic E-state index is 0.410. The Labute approximate surface area is 70.5 Å². The first-order valence-corrected chi connectivity index (χ1v) is 3.88. The van der Waals surface area contributed by atoms with E-state index in [1.165, 1.54) is 0 Å². The van der Waals surface area contributed by atoms with Crippen LogP contribution in [0, 0.1) is 5.92 Å². The van der Waals surface area contributed by atoms with Gasteiger partial charge in [-0.15, -0.1) is 0 Å². The van der Waals surface area contributed by atoms with E-state index >= 15 is 0 Å². The zero-order chi connectivity index (χ0) is 7.72. The Balaban J connectivity index is 2.90. The molecule has 1 aliphatic carbocycles. The Morgan fingerprint density at radius 3 is 2.70 bits per heavy atom. The molecule has 3 heteroatoms. The van der Waals surface area contributed by atoms with Gasteiger partial charge in [0.15, 0.2) is 0 Å². The highest BCUT2D eigenvalue weighted by Gasteiger charge is 2.14. The summed E-state index contributed by atoms with van der Waals surface area (Å²) in [4.78, 5) is 0. The van der Waals surface area contributed by atoms with E-state index in [4.69, 9.17) is 28.9 Å². The number of hydrogen-bond donors (Lipinski definition) is 1. The maximum absolute atomic E-state index is 5.79. The lowest BCUT2D eigenvalue weighted by Crippen LogP contribution is -2.08. The molecule has 1 aliphatic rings. The maximum atomic E-state index is 5.79. The van der Waals surface area contributed by atoms with Crippen molar-refractivity contribution >= 4 is 23.2 Å². The Morgan fingerprint density at radius 2 is 2.20 bits per heavy atom. The minimum absolute atomic E-state index is 0.410. The van der Waals surface area contributed by atoms with Gasteiger partial charge in [-0.25, -0.2) is 0 Å². The lowest BCUT2D eigenvalue weighted by molar-refractivity contribution is 0.718. The molecule has 0 saturated carbocycles. The molecule has 0 aliphatic heterocycles. The van der Waals surface area contributed by atoms with Crippen LogP contribution in [0.2, 0.25) is 0 Å². The van der Waals surface area contributed by atoms with Crippen molar-refractivity contribution < 1.29 is 0 Å². The van der Waals surface area contributed by atoms with Gasteiger partial charge in [0.05, 0.1) is 10.7 Å². The first kappa shape index (κ1) is 7.96. The average Bonchev–Trinajstić information content (AvgIpc) is 1.82. The Kier molecular flexibility index (Phi) is 2.27. The molecular formula is C7H9Cl2N. The first-order chi connectivity index (χ1) is 4.61. The van der Waals surface area contributed by atoms with Crippen molar-refractivity contribution in [1.82, 2.24) is 0 Å². The Morgan fingerprint density at radius 1 is 1.60 bits per heavy atom. The third-order valence-electron chi connectivity index (χ3n) is 1.48. The van der Waals surface area contributed by atoms with Gasteiger partial charge < -0.3 is 5.73 Å². The second kappa shape index (κ2) is 2.85. The predicted octanol–water partition coefficient (Wildman–Crippen LogP) is 2.56. The first-order valence-electron chi connectivity index (χ1n) is 3.13. The van der Waals surface area contributed by atoms with Gasteiger partial charge in [-0.1, -0.05) is 36.2 Å². The summed E-state index contributed by atoms with van der Waals surface area (Å²) >= 11 is 11.5. The molecule has 56 valence electrons. The van der Waals surface area contributed by atoms with E-state index < -0.39 is 0 Å². The summed E-state index contributed by atoms with van der Waals surface area (Å²) in [6, 6.07) is 0. The fraction of sp³-hybridized carbons (Fsp3) is 0.429. The van der Waals surface area contributed by atoms with E-state index in [9.17, 15) is 0 Å². The molecule has 0 amide bonds. The van der Waals surface area contributed by atoms with Crippen LogP contribution in [-0.4, -0.2) is 0 Å². The van der Waals surface area contributed by atoms with Gasteiger partial charge in [0.2, 0.25) is 0 Å². The molecule has 0 heterocycles. The third-order valence-corrected chi connectivity index (χ3v) is 2.17. The average molecular weight is 178 g/mol. The summed E-state index contributed by atoms with van der Waals surface area (Å²) in [6.07, 6.45) is 2.73. The van der Waals surface area contributed by atoms with E-state index in [0.29, 0.717) is 21.7 Å². The summed E-state index contributed by atoms with van der Waals surface area (Å²) < 4.78 is 0. The van der Waals surface area contributed by atoms with Crippen molar-refractivity contribution in [3.63, 3.8) is 0 Å². The van der Waals surface area contributed by atoms with Crippen molar-refractivity contribution in [3.05, 3.63) is 21.8 Å². The molecule has 0 unspecified atom stereocenters. The topological polar surface area (TPSA) is 26.0 Å². The number of hydrogen-bond acceptors (Lipinski definition) is 1. The van der Waals surface area contributed by atoms with Crippen LogP contribution in [0.15, 0.2) is 21.8 Å². The molecule has 0 saturated heterocycles. The molecule has 0 aromatic rings. The van der Waals surface area contributed by atoms with Crippen molar-refractivity contribution in [3.8, 4) is 0 Å². The summed E-state index contributed by atoms with van der Waals surface area (Å²) in [5.74, 6) is 0.410. The molecule has 0 bridgehead atoms. The highest BCUT2D eigenvalue weighted by atomic mass is 35.5. The summed E-state index contributed by atoms with van der Waals surface area (Å²) in [5.41, 5.74) is 6.06. The van der Waals surface area contributed by atoms with Gasteiger partial charge in [0.25, 0.3) is 0 Å². The lowest BCUT2D eigenvalue weighted by atomic mass is 10.0. The van der Waals surface area contributed by atoms with Gasteiger partial charge in [0, 0.05) is 5.03 Å². The molecule has 0 fully saturated rings. The van der Waals surface area contributed by atoms with Crippen LogP contribution in [0.4, 0.5) is 0 Å². The number of halogens is 2. The van der Waals surface area contributed by atoms with E-state index in [1.54, 1.807) is 0 Å².